The van der Waals surface area contributed by atoms with Crippen LogP contribution in [0.25, 0.3) is 22.2 Å². The highest BCUT2D eigenvalue weighted by Gasteiger charge is 2.12. The SMILES string of the molecule is CC.O=C(Nc1ccc(-c2cc3ocnc3cc2Cl)cn1)c1ccncc1Cl. The Kier molecular flexibility index (Phi) is 6.23. The number of hydrogen-bond acceptors (Lipinski definition) is 5. The van der Waals surface area contributed by atoms with Crippen molar-refractivity contribution in [2.24, 2.45) is 0 Å². The number of oxazole rings is 1. The van der Waals surface area contributed by atoms with Crippen LogP contribution >= 0.6 is 23.2 Å². The van der Waals surface area contributed by atoms with Gasteiger partial charge in [0.1, 0.15) is 11.3 Å². The predicted octanol–water partition coefficient (Wildman–Crippen LogP) is 5.87. The van der Waals surface area contributed by atoms with Crippen molar-refractivity contribution in [1.82, 2.24) is 15.0 Å². The van der Waals surface area contributed by atoms with E-state index in [0.717, 1.165) is 11.1 Å². The second kappa shape index (κ2) is 8.82. The van der Waals surface area contributed by atoms with Crippen molar-refractivity contribution in [3.05, 3.63) is 70.9 Å². The molecule has 6 nitrogen and oxygen atoms in total. The number of carbonyl (C=O) groups excluding carboxylic acids is 1. The Morgan fingerprint density at radius 1 is 1.04 bits per heavy atom. The molecule has 0 aliphatic carbocycles. The molecular weight excluding hydrogens is 399 g/mol. The van der Waals surface area contributed by atoms with Crippen molar-refractivity contribution in [3.63, 3.8) is 0 Å². The quantitative estimate of drug-likeness (QED) is 0.453. The van der Waals surface area contributed by atoms with Gasteiger partial charge < -0.3 is 9.73 Å². The summed E-state index contributed by atoms with van der Waals surface area (Å²) >= 11 is 12.3. The van der Waals surface area contributed by atoms with Gasteiger partial charge in [0.15, 0.2) is 12.0 Å². The van der Waals surface area contributed by atoms with Crippen molar-refractivity contribution >= 4 is 46.0 Å². The van der Waals surface area contributed by atoms with Gasteiger partial charge in [-0.1, -0.05) is 37.0 Å². The van der Waals surface area contributed by atoms with E-state index >= 15 is 0 Å². The summed E-state index contributed by atoms with van der Waals surface area (Å²) in [5.41, 5.74) is 3.19. The van der Waals surface area contributed by atoms with E-state index in [1.54, 1.807) is 36.5 Å². The number of rotatable bonds is 3. The van der Waals surface area contributed by atoms with Gasteiger partial charge in [-0.05, 0) is 30.3 Å². The highest BCUT2D eigenvalue weighted by molar-refractivity contribution is 6.34. The van der Waals surface area contributed by atoms with Gasteiger partial charge in [0.2, 0.25) is 0 Å². The van der Waals surface area contributed by atoms with E-state index in [0.29, 0.717) is 27.5 Å². The van der Waals surface area contributed by atoms with Crippen LogP contribution in [0.3, 0.4) is 0 Å². The third-order valence-corrected chi connectivity index (χ3v) is 4.37. The summed E-state index contributed by atoms with van der Waals surface area (Å²) in [7, 11) is 0. The maximum Gasteiger partial charge on any atom is 0.258 e. The minimum absolute atomic E-state index is 0.272. The van der Waals surface area contributed by atoms with Crippen molar-refractivity contribution in [3.8, 4) is 11.1 Å². The standard InChI is InChI=1S/C18H10Cl2N4O2.C2H6/c19-13-6-15-16(26-9-23-15)5-12(13)10-1-2-17(22-7-10)24-18(25)11-3-4-21-8-14(11)20;1-2/h1-9H,(H,22,24,25);1-2H3. The fourth-order valence-corrected chi connectivity index (χ4v) is 2.94. The Hall–Kier alpha value is -2.96. The Morgan fingerprint density at radius 2 is 1.86 bits per heavy atom. The Labute approximate surface area is 171 Å². The van der Waals surface area contributed by atoms with Crippen LogP contribution in [0.4, 0.5) is 5.82 Å². The second-order valence-electron chi connectivity index (χ2n) is 5.39. The molecule has 0 saturated carbocycles. The van der Waals surface area contributed by atoms with Gasteiger partial charge in [-0.25, -0.2) is 9.97 Å². The van der Waals surface area contributed by atoms with E-state index in [1.807, 2.05) is 13.8 Å². The molecule has 1 amide bonds. The van der Waals surface area contributed by atoms with Crippen molar-refractivity contribution in [1.29, 1.82) is 0 Å². The molecule has 0 spiro atoms. The van der Waals surface area contributed by atoms with Crippen LogP contribution in [-0.4, -0.2) is 20.9 Å². The smallest absolute Gasteiger partial charge is 0.258 e. The molecule has 8 heteroatoms. The summed E-state index contributed by atoms with van der Waals surface area (Å²) in [5, 5.41) is 3.50. The average molecular weight is 415 g/mol. The van der Waals surface area contributed by atoms with Crippen molar-refractivity contribution < 1.29 is 9.21 Å². The Balaban J connectivity index is 0.00000109. The molecule has 1 N–H and O–H groups in total. The topological polar surface area (TPSA) is 80.9 Å². The minimum Gasteiger partial charge on any atom is -0.443 e. The van der Waals surface area contributed by atoms with Crippen LogP contribution in [0, 0.1) is 0 Å². The third kappa shape index (κ3) is 4.13. The van der Waals surface area contributed by atoms with Gasteiger partial charge in [-0.2, -0.15) is 0 Å². The molecule has 142 valence electrons. The predicted molar refractivity (Wildman–Crippen MR) is 111 cm³/mol. The molecule has 0 unspecified atom stereocenters. The molecule has 0 aliphatic heterocycles. The maximum absolute atomic E-state index is 12.3. The summed E-state index contributed by atoms with van der Waals surface area (Å²) in [5.74, 6) is 0.0299. The van der Waals surface area contributed by atoms with Gasteiger partial charge >= 0.3 is 0 Å². The summed E-state index contributed by atoms with van der Waals surface area (Å²) in [6.07, 6.45) is 5.90. The highest BCUT2D eigenvalue weighted by atomic mass is 35.5. The summed E-state index contributed by atoms with van der Waals surface area (Å²) < 4.78 is 5.31. The molecule has 3 heterocycles. The average Bonchev–Trinajstić information content (AvgIpc) is 3.17. The van der Waals surface area contributed by atoms with E-state index in [4.69, 9.17) is 27.6 Å². The number of pyridine rings is 2. The molecule has 0 bridgehead atoms. The first-order valence-electron chi connectivity index (χ1n) is 8.52. The number of halogens is 2. The summed E-state index contributed by atoms with van der Waals surface area (Å²) in [6, 6.07) is 8.56. The molecule has 0 radical (unpaired) electrons. The van der Waals surface area contributed by atoms with Gasteiger partial charge in [0, 0.05) is 29.7 Å². The molecule has 0 aliphatic rings. The van der Waals surface area contributed by atoms with Crippen LogP contribution in [0.2, 0.25) is 10.0 Å². The number of aromatic nitrogens is 3. The fraction of sp³-hybridized carbons (Fsp3) is 0.100. The van der Waals surface area contributed by atoms with Crippen molar-refractivity contribution in [2.45, 2.75) is 13.8 Å². The zero-order valence-corrected chi connectivity index (χ0v) is 16.6. The number of amides is 1. The number of nitrogens with zero attached hydrogens (tertiary/aromatic N) is 3. The van der Waals surface area contributed by atoms with E-state index < -0.39 is 0 Å². The van der Waals surface area contributed by atoms with Gasteiger partial charge in [0.25, 0.3) is 5.91 Å². The zero-order valence-electron chi connectivity index (χ0n) is 15.1. The molecule has 3 aromatic heterocycles. The molecule has 0 atom stereocenters. The second-order valence-corrected chi connectivity index (χ2v) is 6.21. The third-order valence-electron chi connectivity index (χ3n) is 3.75. The molecular formula is C20H16Cl2N4O2. The fourth-order valence-electron chi connectivity index (χ4n) is 2.47. The van der Waals surface area contributed by atoms with Crippen LogP contribution in [0.5, 0.6) is 0 Å². The molecule has 4 aromatic rings. The lowest BCUT2D eigenvalue weighted by molar-refractivity contribution is 0.102. The number of fused-ring (bicyclic) bond motifs is 1. The lowest BCUT2D eigenvalue weighted by atomic mass is 10.1. The molecule has 28 heavy (non-hydrogen) atoms. The van der Waals surface area contributed by atoms with Gasteiger partial charge in [-0.15, -0.1) is 0 Å². The molecule has 1 aromatic carbocycles. The van der Waals surface area contributed by atoms with Crippen molar-refractivity contribution in [2.75, 3.05) is 5.32 Å². The largest absolute Gasteiger partial charge is 0.443 e. The van der Waals surface area contributed by atoms with Crippen LogP contribution in [0.15, 0.2) is 59.7 Å². The molecule has 4 rings (SSSR count). The Bertz CT molecular complexity index is 1110. The maximum atomic E-state index is 12.3. The van der Waals surface area contributed by atoms with Gasteiger partial charge in [0.05, 0.1) is 15.6 Å². The number of anilines is 1. The van der Waals surface area contributed by atoms with E-state index in [9.17, 15) is 4.79 Å². The highest BCUT2D eigenvalue weighted by Crippen LogP contribution is 2.31. The number of hydrogen-bond donors (Lipinski definition) is 1. The molecule has 0 fully saturated rings. The lowest BCUT2D eigenvalue weighted by Crippen LogP contribution is -2.13. The normalized spacial score (nSPS) is 10.3. The first kappa shape index (κ1) is 19.8. The Morgan fingerprint density at radius 3 is 2.57 bits per heavy atom. The summed E-state index contributed by atoms with van der Waals surface area (Å²) in [4.78, 5) is 24.4. The van der Waals surface area contributed by atoms with Crippen LogP contribution in [0.1, 0.15) is 24.2 Å². The number of benzene rings is 1. The first-order chi connectivity index (χ1) is 13.6. The van der Waals surface area contributed by atoms with Crippen LogP contribution in [-0.2, 0) is 0 Å². The van der Waals surface area contributed by atoms with E-state index in [1.165, 1.54) is 18.8 Å². The monoisotopic (exact) mass is 414 g/mol. The van der Waals surface area contributed by atoms with Gasteiger partial charge in [-0.3, -0.25) is 9.78 Å². The van der Waals surface area contributed by atoms with E-state index in [2.05, 4.69) is 20.3 Å². The summed E-state index contributed by atoms with van der Waals surface area (Å²) in [6.45, 7) is 4.00. The lowest BCUT2D eigenvalue weighted by Gasteiger charge is -2.08. The first-order valence-corrected chi connectivity index (χ1v) is 9.27. The zero-order chi connectivity index (χ0) is 20.1. The van der Waals surface area contributed by atoms with E-state index in [-0.39, 0.29) is 10.9 Å². The van der Waals surface area contributed by atoms with Crippen LogP contribution < -0.4 is 5.32 Å². The molecule has 0 saturated heterocycles. The number of nitrogens with one attached hydrogen (secondary N) is 1. The number of carbonyl (C=O) groups is 1. The minimum atomic E-state index is -0.362.